The number of carbonyl (C=O) groups excluding carboxylic acids is 1. The Bertz CT molecular complexity index is 1250. The molecule has 4 aromatic rings. The van der Waals surface area contributed by atoms with Crippen molar-refractivity contribution in [2.45, 2.75) is 29.8 Å². The molecule has 152 valence electrons. The molecule has 8 heteroatoms. The Morgan fingerprint density at radius 2 is 2.10 bits per heavy atom. The van der Waals surface area contributed by atoms with Crippen molar-refractivity contribution in [3.8, 4) is 11.4 Å². The van der Waals surface area contributed by atoms with E-state index in [-0.39, 0.29) is 5.56 Å². The van der Waals surface area contributed by atoms with Crippen molar-refractivity contribution in [3.05, 3.63) is 65.6 Å². The van der Waals surface area contributed by atoms with Gasteiger partial charge in [0.25, 0.3) is 0 Å². The number of rotatable bonds is 6. The number of benzene rings is 2. The molecule has 0 atom stereocenters. The van der Waals surface area contributed by atoms with Gasteiger partial charge in [0.2, 0.25) is 0 Å². The summed E-state index contributed by atoms with van der Waals surface area (Å²) < 4.78 is 21.0. The second kappa shape index (κ2) is 7.60. The molecule has 0 amide bonds. The summed E-state index contributed by atoms with van der Waals surface area (Å²) in [5, 5.41) is 10.8. The quantitative estimate of drug-likeness (QED) is 0.350. The van der Waals surface area contributed by atoms with E-state index in [2.05, 4.69) is 30.6 Å². The largest absolute Gasteiger partial charge is 0.465 e. The number of fused-ring (bicyclic) bond motifs is 1. The molecule has 30 heavy (non-hydrogen) atoms. The molecule has 2 heterocycles. The molecule has 1 aliphatic carbocycles. The molecule has 1 fully saturated rings. The van der Waals surface area contributed by atoms with E-state index < -0.39 is 11.8 Å². The molecule has 1 saturated carbocycles. The number of ether oxygens (including phenoxy) is 1. The number of nitrogens with one attached hydrogen (secondary N) is 1. The van der Waals surface area contributed by atoms with Crippen molar-refractivity contribution in [2.24, 2.45) is 0 Å². The number of para-hydroxylation sites is 1. The van der Waals surface area contributed by atoms with E-state index in [0.717, 1.165) is 45.9 Å². The van der Waals surface area contributed by atoms with Crippen LogP contribution in [0.1, 0.15) is 34.8 Å². The van der Waals surface area contributed by atoms with Crippen LogP contribution in [0.4, 0.5) is 4.39 Å². The Hall–Kier alpha value is -3.13. The Balaban J connectivity index is 1.42. The Kier molecular flexibility index (Phi) is 4.78. The van der Waals surface area contributed by atoms with Gasteiger partial charge < -0.3 is 9.72 Å². The molecule has 1 aliphatic rings. The smallest absolute Gasteiger partial charge is 0.340 e. The molecule has 1 N–H and O–H groups in total. The molecule has 6 nitrogen and oxygen atoms in total. The number of methoxy groups -OCH3 is 1. The van der Waals surface area contributed by atoms with Gasteiger partial charge in [-0.2, -0.15) is 0 Å². The van der Waals surface area contributed by atoms with Crippen molar-refractivity contribution in [1.29, 1.82) is 0 Å². The molecular formula is C22H19FN4O2S. The highest BCUT2D eigenvalue weighted by molar-refractivity contribution is 7.98. The highest BCUT2D eigenvalue weighted by Gasteiger charge is 2.31. The zero-order chi connectivity index (χ0) is 20.7. The zero-order valence-corrected chi connectivity index (χ0v) is 17.1. The van der Waals surface area contributed by atoms with Gasteiger partial charge in [0.1, 0.15) is 5.82 Å². The molecule has 5 rings (SSSR count). The average molecular weight is 422 g/mol. The second-order valence-corrected chi connectivity index (χ2v) is 8.19. The first-order chi connectivity index (χ1) is 14.7. The summed E-state index contributed by atoms with van der Waals surface area (Å²) in [6.07, 6.45) is 4.18. The van der Waals surface area contributed by atoms with E-state index in [4.69, 9.17) is 0 Å². The van der Waals surface area contributed by atoms with E-state index >= 15 is 0 Å². The van der Waals surface area contributed by atoms with Gasteiger partial charge in [0.05, 0.1) is 12.7 Å². The van der Waals surface area contributed by atoms with Gasteiger partial charge >= 0.3 is 5.97 Å². The lowest BCUT2D eigenvalue weighted by atomic mass is 10.1. The van der Waals surface area contributed by atoms with Crippen LogP contribution in [0.15, 0.2) is 53.8 Å². The van der Waals surface area contributed by atoms with Crippen LogP contribution in [-0.2, 0) is 10.5 Å². The Labute approximate surface area is 176 Å². The van der Waals surface area contributed by atoms with Gasteiger partial charge in [-0.05, 0) is 36.6 Å². The maximum Gasteiger partial charge on any atom is 0.340 e. The van der Waals surface area contributed by atoms with E-state index in [1.165, 1.54) is 31.0 Å². The third kappa shape index (κ3) is 3.37. The molecular weight excluding hydrogens is 403 g/mol. The molecule has 2 aromatic carbocycles. The molecule has 0 unspecified atom stereocenters. The predicted molar refractivity (Wildman–Crippen MR) is 113 cm³/mol. The number of hydrogen-bond acceptors (Lipinski definition) is 5. The number of thioether (sulfide) groups is 1. The van der Waals surface area contributed by atoms with E-state index in [0.29, 0.717) is 11.8 Å². The first-order valence-electron chi connectivity index (χ1n) is 9.66. The number of halogens is 1. The first-order valence-corrected chi connectivity index (χ1v) is 10.6. The molecule has 0 spiro atoms. The number of aromatic nitrogens is 4. The lowest BCUT2D eigenvalue weighted by molar-refractivity contribution is 0.0595. The minimum absolute atomic E-state index is 0.0611. The maximum atomic E-state index is 14.2. The summed E-state index contributed by atoms with van der Waals surface area (Å²) in [7, 11) is 1.24. The van der Waals surface area contributed by atoms with Crippen LogP contribution in [0.5, 0.6) is 0 Å². The van der Waals surface area contributed by atoms with E-state index in [1.807, 2.05) is 24.4 Å². The standard InChI is InChI=1S/C22H19FN4O2S/c1-29-21(28)16-9-6-13(10-18(16)23)12-30-22-26-25-20(27(22)14-7-8-14)17-11-24-19-5-3-2-4-15(17)19/h2-6,9-11,14,24H,7-8,12H2,1H3. The lowest BCUT2D eigenvalue weighted by Gasteiger charge is -2.09. The highest BCUT2D eigenvalue weighted by atomic mass is 32.2. The van der Waals surface area contributed by atoms with Crippen LogP contribution >= 0.6 is 11.8 Å². The minimum Gasteiger partial charge on any atom is -0.465 e. The van der Waals surface area contributed by atoms with Crippen molar-refractivity contribution >= 4 is 28.6 Å². The normalized spacial score (nSPS) is 13.7. The summed E-state index contributed by atoms with van der Waals surface area (Å²) in [5.41, 5.74) is 2.80. The Morgan fingerprint density at radius 1 is 1.27 bits per heavy atom. The number of esters is 1. The summed E-state index contributed by atoms with van der Waals surface area (Å²) >= 11 is 1.52. The summed E-state index contributed by atoms with van der Waals surface area (Å²) in [6.45, 7) is 0. The van der Waals surface area contributed by atoms with Crippen LogP contribution in [0.3, 0.4) is 0 Å². The van der Waals surface area contributed by atoms with Gasteiger partial charge in [0.15, 0.2) is 11.0 Å². The lowest BCUT2D eigenvalue weighted by Crippen LogP contribution is -2.04. The van der Waals surface area contributed by atoms with Crippen LogP contribution in [0.25, 0.3) is 22.3 Å². The predicted octanol–water partition coefficient (Wildman–Crippen LogP) is 4.98. The topological polar surface area (TPSA) is 72.8 Å². The number of aromatic amines is 1. The number of nitrogens with zero attached hydrogens (tertiary/aromatic N) is 3. The summed E-state index contributed by atoms with van der Waals surface area (Å²) in [6, 6.07) is 13.1. The molecule has 0 bridgehead atoms. The second-order valence-electron chi connectivity index (χ2n) is 7.25. The van der Waals surface area contributed by atoms with Crippen LogP contribution in [-0.4, -0.2) is 32.8 Å². The first kappa shape index (κ1) is 18.9. The fourth-order valence-corrected chi connectivity index (χ4v) is 4.50. The number of hydrogen-bond donors (Lipinski definition) is 1. The van der Waals surface area contributed by atoms with Gasteiger partial charge in [-0.15, -0.1) is 10.2 Å². The molecule has 0 radical (unpaired) electrons. The molecule has 0 saturated heterocycles. The fraction of sp³-hybridized carbons (Fsp3) is 0.227. The van der Waals surface area contributed by atoms with E-state index in [1.54, 1.807) is 6.07 Å². The third-order valence-electron chi connectivity index (χ3n) is 5.21. The molecule has 0 aliphatic heterocycles. The van der Waals surface area contributed by atoms with Gasteiger partial charge in [-0.25, -0.2) is 9.18 Å². The van der Waals surface area contributed by atoms with Gasteiger partial charge in [-0.3, -0.25) is 4.57 Å². The van der Waals surface area contributed by atoms with E-state index in [9.17, 15) is 9.18 Å². The maximum absolute atomic E-state index is 14.2. The van der Waals surface area contributed by atoms with Crippen molar-refractivity contribution < 1.29 is 13.9 Å². The average Bonchev–Trinajstić information content (AvgIpc) is 3.37. The number of carbonyl (C=O) groups is 1. The summed E-state index contributed by atoms with van der Waals surface area (Å²) in [4.78, 5) is 14.9. The fourth-order valence-electron chi connectivity index (χ4n) is 3.55. The third-order valence-corrected chi connectivity index (χ3v) is 6.23. The monoisotopic (exact) mass is 422 g/mol. The van der Waals surface area contributed by atoms with Crippen molar-refractivity contribution in [3.63, 3.8) is 0 Å². The van der Waals surface area contributed by atoms with Gasteiger partial charge in [-0.1, -0.05) is 36.0 Å². The van der Waals surface area contributed by atoms with Crippen molar-refractivity contribution in [2.75, 3.05) is 7.11 Å². The van der Waals surface area contributed by atoms with Gasteiger partial charge in [0, 0.05) is 34.5 Å². The minimum atomic E-state index is -0.677. The SMILES string of the molecule is COC(=O)c1ccc(CSc2nnc(-c3c[nH]c4ccccc34)n2C2CC2)cc1F. The van der Waals surface area contributed by atoms with Crippen LogP contribution < -0.4 is 0 Å². The Morgan fingerprint density at radius 3 is 2.87 bits per heavy atom. The molecule has 2 aromatic heterocycles. The zero-order valence-electron chi connectivity index (χ0n) is 16.3. The van der Waals surface area contributed by atoms with Crippen LogP contribution in [0.2, 0.25) is 0 Å². The highest BCUT2D eigenvalue weighted by Crippen LogP contribution is 2.42. The van der Waals surface area contributed by atoms with Crippen LogP contribution in [0, 0.1) is 5.82 Å². The summed E-state index contributed by atoms with van der Waals surface area (Å²) in [5.74, 6) is 0.119. The number of H-pyrrole nitrogens is 1. The van der Waals surface area contributed by atoms with Crippen molar-refractivity contribution in [1.82, 2.24) is 19.7 Å².